The van der Waals surface area contributed by atoms with E-state index in [4.69, 9.17) is 5.11 Å². The summed E-state index contributed by atoms with van der Waals surface area (Å²) in [7, 11) is 0. The first-order valence-corrected chi connectivity index (χ1v) is 5.88. The monoisotopic (exact) mass is 331 g/mol. The van der Waals surface area contributed by atoms with Crippen molar-refractivity contribution in [2.75, 3.05) is 0 Å². The summed E-state index contributed by atoms with van der Waals surface area (Å²) in [6, 6.07) is 6.38. The van der Waals surface area contributed by atoms with E-state index in [0.29, 0.717) is 0 Å². The SMILES string of the molecule is O=C1c2cccc([O-])c2C(=O)c2c([O-])cc(CO)cc21.[Cu+2]. The van der Waals surface area contributed by atoms with Crippen LogP contribution in [0.15, 0.2) is 30.3 Å². The fraction of sp³-hybridized carbons (Fsp3) is 0.0667. The summed E-state index contributed by atoms with van der Waals surface area (Å²) in [5.74, 6) is -2.50. The molecule has 1 aliphatic carbocycles. The molecule has 21 heavy (non-hydrogen) atoms. The molecule has 0 unspecified atom stereocenters. The third kappa shape index (κ3) is 2.14. The quantitative estimate of drug-likeness (QED) is 0.637. The van der Waals surface area contributed by atoms with Gasteiger partial charge in [-0.05, 0) is 11.6 Å². The van der Waals surface area contributed by atoms with Gasteiger partial charge in [0.05, 0.1) is 6.61 Å². The average Bonchev–Trinajstić information content (AvgIpc) is 2.43. The molecule has 0 heterocycles. The van der Waals surface area contributed by atoms with E-state index in [1.54, 1.807) is 0 Å². The van der Waals surface area contributed by atoms with E-state index in [0.717, 1.165) is 6.07 Å². The van der Waals surface area contributed by atoms with Gasteiger partial charge in [-0.25, -0.2) is 0 Å². The van der Waals surface area contributed by atoms with Crippen molar-refractivity contribution in [3.8, 4) is 11.5 Å². The summed E-state index contributed by atoms with van der Waals surface area (Å²) in [5.41, 5.74) is -0.326. The minimum atomic E-state index is -0.727. The molecular formula is C15H8CuO5. The topological polar surface area (TPSA) is 100 Å². The molecule has 1 radical (unpaired) electrons. The van der Waals surface area contributed by atoms with E-state index in [2.05, 4.69) is 0 Å². The fourth-order valence-electron chi connectivity index (χ4n) is 2.40. The molecule has 0 aliphatic heterocycles. The van der Waals surface area contributed by atoms with Gasteiger partial charge < -0.3 is 15.3 Å². The maximum Gasteiger partial charge on any atom is 2.00 e. The van der Waals surface area contributed by atoms with Gasteiger partial charge in [0.15, 0.2) is 11.6 Å². The van der Waals surface area contributed by atoms with Crippen molar-refractivity contribution in [2.45, 2.75) is 6.61 Å². The van der Waals surface area contributed by atoms with Gasteiger partial charge >= 0.3 is 17.1 Å². The van der Waals surface area contributed by atoms with Crippen LogP contribution in [0.2, 0.25) is 0 Å². The number of hydrogen-bond donors (Lipinski definition) is 1. The molecule has 2 aromatic carbocycles. The van der Waals surface area contributed by atoms with Crippen LogP contribution in [0.3, 0.4) is 0 Å². The molecule has 0 bridgehead atoms. The van der Waals surface area contributed by atoms with Gasteiger partial charge in [0, 0.05) is 22.3 Å². The first-order valence-electron chi connectivity index (χ1n) is 5.88. The standard InChI is InChI=1S/C15H10O5.Cu/c16-6-7-4-9-13(11(18)5-7)15(20)12-8(14(9)19)2-1-3-10(12)17;/h1-5,16-18H,6H2;/q;+2/p-2. The molecule has 0 amide bonds. The Balaban J connectivity index is 0.00000161. The molecule has 1 aliphatic rings. The van der Waals surface area contributed by atoms with Crippen molar-refractivity contribution in [2.24, 2.45) is 0 Å². The van der Waals surface area contributed by atoms with Crippen LogP contribution in [0.4, 0.5) is 0 Å². The minimum absolute atomic E-state index is 0. The Hall–Kier alpha value is -2.14. The molecule has 2 aromatic rings. The van der Waals surface area contributed by atoms with Crippen molar-refractivity contribution in [1.82, 2.24) is 0 Å². The molecular weight excluding hydrogens is 324 g/mol. The van der Waals surface area contributed by atoms with Crippen LogP contribution in [-0.4, -0.2) is 16.7 Å². The van der Waals surface area contributed by atoms with Crippen LogP contribution in [0, 0.1) is 0 Å². The zero-order valence-corrected chi connectivity index (χ0v) is 11.4. The van der Waals surface area contributed by atoms with Gasteiger partial charge in [0.25, 0.3) is 0 Å². The second-order valence-electron chi connectivity index (χ2n) is 4.51. The third-order valence-corrected chi connectivity index (χ3v) is 3.31. The van der Waals surface area contributed by atoms with Gasteiger partial charge in [-0.3, -0.25) is 9.59 Å². The van der Waals surface area contributed by atoms with E-state index in [9.17, 15) is 19.8 Å². The molecule has 0 saturated heterocycles. The Labute approximate surface area is 130 Å². The molecule has 3 rings (SSSR count). The maximum atomic E-state index is 12.3. The number of carbonyl (C=O) groups excluding carboxylic acids is 2. The van der Waals surface area contributed by atoms with Crippen molar-refractivity contribution in [3.05, 3.63) is 58.1 Å². The first kappa shape index (κ1) is 15.3. The van der Waals surface area contributed by atoms with Crippen LogP contribution < -0.4 is 10.2 Å². The number of benzene rings is 2. The Bertz CT molecular complexity index is 767. The fourth-order valence-corrected chi connectivity index (χ4v) is 2.40. The summed E-state index contributed by atoms with van der Waals surface area (Å²) in [6.45, 7) is -0.404. The number of hydrogen-bond acceptors (Lipinski definition) is 5. The molecule has 0 atom stereocenters. The first-order chi connectivity index (χ1) is 9.54. The summed E-state index contributed by atoms with van der Waals surface area (Å²) >= 11 is 0. The van der Waals surface area contributed by atoms with Crippen LogP contribution in [0.25, 0.3) is 0 Å². The zero-order chi connectivity index (χ0) is 14.4. The number of aliphatic hydroxyl groups excluding tert-OH is 1. The third-order valence-electron chi connectivity index (χ3n) is 3.31. The molecule has 0 fully saturated rings. The van der Waals surface area contributed by atoms with E-state index in [1.807, 2.05) is 0 Å². The summed E-state index contributed by atoms with van der Waals surface area (Å²) < 4.78 is 0. The zero-order valence-electron chi connectivity index (χ0n) is 10.5. The van der Waals surface area contributed by atoms with Gasteiger partial charge in [-0.2, -0.15) is 0 Å². The second kappa shape index (κ2) is 5.33. The molecule has 0 saturated carbocycles. The van der Waals surface area contributed by atoms with Crippen molar-refractivity contribution < 1.29 is 42.0 Å². The maximum absolute atomic E-state index is 12.3. The largest absolute Gasteiger partial charge is 2.00 e. The molecule has 6 heteroatoms. The predicted molar refractivity (Wildman–Crippen MR) is 64.6 cm³/mol. The van der Waals surface area contributed by atoms with E-state index < -0.39 is 29.7 Å². The Morgan fingerprint density at radius 3 is 2.24 bits per heavy atom. The van der Waals surface area contributed by atoms with Crippen molar-refractivity contribution in [3.63, 3.8) is 0 Å². The Kier molecular flexibility index (Phi) is 3.87. The molecule has 5 nitrogen and oxygen atoms in total. The molecule has 1 N–H and O–H groups in total. The van der Waals surface area contributed by atoms with E-state index >= 15 is 0 Å². The van der Waals surface area contributed by atoms with Crippen molar-refractivity contribution >= 4 is 11.6 Å². The van der Waals surface area contributed by atoms with E-state index in [1.165, 1.54) is 24.3 Å². The number of rotatable bonds is 1. The van der Waals surface area contributed by atoms with Gasteiger partial charge in [-0.1, -0.05) is 35.8 Å². The number of ketones is 2. The molecule has 0 spiro atoms. The summed E-state index contributed by atoms with van der Waals surface area (Å²) in [6.07, 6.45) is 0. The van der Waals surface area contributed by atoms with Crippen LogP contribution in [-0.2, 0) is 23.7 Å². The summed E-state index contributed by atoms with van der Waals surface area (Å²) in [4.78, 5) is 24.6. The Morgan fingerprint density at radius 1 is 0.905 bits per heavy atom. The summed E-state index contributed by atoms with van der Waals surface area (Å²) in [5, 5.41) is 32.8. The van der Waals surface area contributed by atoms with Gasteiger partial charge in [-0.15, -0.1) is 0 Å². The second-order valence-corrected chi connectivity index (χ2v) is 4.51. The van der Waals surface area contributed by atoms with Crippen molar-refractivity contribution in [1.29, 1.82) is 0 Å². The Morgan fingerprint density at radius 2 is 1.57 bits per heavy atom. The van der Waals surface area contributed by atoms with Gasteiger partial charge in [0.2, 0.25) is 0 Å². The van der Waals surface area contributed by atoms with Crippen LogP contribution >= 0.6 is 0 Å². The average molecular weight is 332 g/mol. The van der Waals surface area contributed by atoms with Crippen LogP contribution in [0.1, 0.15) is 37.4 Å². The van der Waals surface area contributed by atoms with Gasteiger partial charge in [0.1, 0.15) is 0 Å². The smallest absolute Gasteiger partial charge is 0.872 e. The normalized spacial score (nSPS) is 12.4. The minimum Gasteiger partial charge on any atom is -0.872 e. The molecule has 109 valence electrons. The van der Waals surface area contributed by atoms with E-state index in [-0.39, 0.29) is 44.9 Å². The molecule has 0 aromatic heterocycles. The van der Waals surface area contributed by atoms with Crippen LogP contribution in [0.5, 0.6) is 11.5 Å². The number of carbonyl (C=O) groups is 2. The number of aliphatic hydroxyl groups is 1. The number of fused-ring (bicyclic) bond motifs is 2. The predicted octanol–water partition coefficient (Wildman–Crippen LogP) is 0.0990.